The molecule has 1 fully saturated rings. The van der Waals surface area contributed by atoms with Gasteiger partial charge in [0.1, 0.15) is 17.1 Å². The Labute approximate surface area is 259 Å². The Morgan fingerprint density at radius 3 is 2.37 bits per heavy atom. The minimum Gasteiger partial charge on any atom is -0.497 e. The normalized spacial score (nSPS) is 12.9. The zero-order chi connectivity index (χ0) is 31.9. The first kappa shape index (κ1) is 35.5. The molecular formula is C31H45ClN6O5. The Balaban J connectivity index is 0.00000155. The number of ether oxygens (including phenoxy) is 2. The molecule has 236 valence electrons. The number of anilines is 1. The number of aliphatic hydroxyl groups is 1. The van der Waals surface area contributed by atoms with Crippen molar-refractivity contribution < 1.29 is 19.4 Å². The van der Waals surface area contributed by atoms with Gasteiger partial charge in [-0.15, -0.1) is 0 Å². The molecule has 1 saturated heterocycles. The molecule has 1 aliphatic rings. The van der Waals surface area contributed by atoms with E-state index in [1.165, 1.54) is 20.3 Å². The van der Waals surface area contributed by atoms with Crippen LogP contribution < -0.4 is 20.3 Å². The van der Waals surface area contributed by atoms with E-state index in [1.807, 2.05) is 27.7 Å². The molecule has 0 bridgehead atoms. The van der Waals surface area contributed by atoms with Crippen LogP contribution >= 0.6 is 11.6 Å². The molecule has 0 atom stereocenters. The highest BCUT2D eigenvalue weighted by molar-refractivity contribution is 6.35. The number of pyridine rings is 1. The highest BCUT2D eigenvalue weighted by Crippen LogP contribution is 2.38. The lowest BCUT2D eigenvalue weighted by Gasteiger charge is -2.34. The summed E-state index contributed by atoms with van der Waals surface area (Å²) in [6, 6.07) is 5.09. The number of nitrogens with one attached hydrogen (secondary N) is 1. The van der Waals surface area contributed by atoms with E-state index < -0.39 is 0 Å². The van der Waals surface area contributed by atoms with E-state index in [1.54, 1.807) is 33.9 Å². The minimum atomic E-state index is -0.257. The number of aromatic nitrogens is 3. The fourth-order valence-corrected chi connectivity index (χ4v) is 4.91. The van der Waals surface area contributed by atoms with Crippen LogP contribution in [0.2, 0.25) is 5.02 Å². The van der Waals surface area contributed by atoms with E-state index in [0.29, 0.717) is 70.7 Å². The Kier molecular flexibility index (Phi) is 15.0. The van der Waals surface area contributed by atoms with E-state index in [0.717, 1.165) is 19.6 Å². The van der Waals surface area contributed by atoms with E-state index in [2.05, 4.69) is 26.8 Å². The van der Waals surface area contributed by atoms with Crippen molar-refractivity contribution >= 4 is 34.5 Å². The summed E-state index contributed by atoms with van der Waals surface area (Å²) in [5, 5.41) is 13.1. The molecule has 0 radical (unpaired) electrons. The van der Waals surface area contributed by atoms with Crippen molar-refractivity contribution in [3.8, 4) is 22.6 Å². The van der Waals surface area contributed by atoms with Gasteiger partial charge in [-0.05, 0) is 31.2 Å². The highest BCUT2D eigenvalue weighted by Gasteiger charge is 2.21. The monoisotopic (exact) mass is 616 g/mol. The largest absolute Gasteiger partial charge is 0.497 e. The first-order chi connectivity index (χ1) is 20.9. The van der Waals surface area contributed by atoms with Gasteiger partial charge in [-0.1, -0.05) is 45.9 Å². The Bertz CT molecular complexity index is 1410. The molecule has 43 heavy (non-hydrogen) atoms. The number of hydrogen-bond acceptors (Lipinski definition) is 9. The molecule has 4 rings (SSSR count). The second-order valence-corrected chi connectivity index (χ2v) is 9.43. The summed E-state index contributed by atoms with van der Waals surface area (Å²) in [4.78, 5) is 38.8. The Hall–Kier alpha value is -3.67. The second-order valence-electron chi connectivity index (χ2n) is 9.05. The van der Waals surface area contributed by atoms with Gasteiger partial charge in [-0.25, -0.2) is 4.98 Å². The molecule has 2 aromatic heterocycles. The molecule has 1 aromatic carbocycles. The predicted molar refractivity (Wildman–Crippen MR) is 173 cm³/mol. The number of aryl methyl sites for hydroxylation is 1. The Morgan fingerprint density at radius 2 is 1.77 bits per heavy atom. The molecule has 1 aliphatic heterocycles. The average molecular weight is 617 g/mol. The standard InChI is InChI=1S/C27H33ClN6O5.2C2H6/c1-4-23(36)33-11-9-32(10-12-33)7-5-8-34-25-18(17-30-27(31-25)29-6-13-35)14-21(26(34)37)20-15-19(38-2)16-22(39-3)24(20)28;2*1-2/h4,14-17,35H,1,5-13H2,2-3H3,(H,29,30,31);2*1-2H3. The van der Waals surface area contributed by atoms with Crippen molar-refractivity contribution in [1.29, 1.82) is 0 Å². The van der Waals surface area contributed by atoms with Gasteiger partial charge in [0, 0.05) is 68.0 Å². The molecule has 12 heteroatoms. The molecule has 0 saturated carbocycles. The number of rotatable bonds is 11. The number of methoxy groups -OCH3 is 2. The van der Waals surface area contributed by atoms with Crippen molar-refractivity contribution in [1.82, 2.24) is 24.3 Å². The van der Waals surface area contributed by atoms with Crippen LogP contribution in [0.4, 0.5) is 5.95 Å². The second kappa shape index (κ2) is 18.1. The third-order valence-corrected chi connectivity index (χ3v) is 7.08. The van der Waals surface area contributed by atoms with E-state index >= 15 is 0 Å². The van der Waals surface area contributed by atoms with Gasteiger partial charge in [-0.3, -0.25) is 19.1 Å². The Morgan fingerprint density at radius 1 is 1.07 bits per heavy atom. The number of halogens is 1. The first-order valence-electron chi connectivity index (χ1n) is 14.7. The maximum Gasteiger partial charge on any atom is 0.260 e. The van der Waals surface area contributed by atoms with Crippen LogP contribution in [-0.2, 0) is 11.3 Å². The minimum absolute atomic E-state index is 0.0531. The average Bonchev–Trinajstić information content (AvgIpc) is 3.06. The smallest absolute Gasteiger partial charge is 0.260 e. The van der Waals surface area contributed by atoms with E-state index in [9.17, 15) is 14.7 Å². The molecule has 0 spiro atoms. The fraction of sp³-hybridized carbons (Fsp3) is 0.484. The van der Waals surface area contributed by atoms with E-state index in [4.69, 9.17) is 21.1 Å². The number of nitrogens with zero attached hydrogens (tertiary/aromatic N) is 5. The van der Waals surface area contributed by atoms with Crippen LogP contribution in [0.1, 0.15) is 34.1 Å². The highest BCUT2D eigenvalue weighted by atomic mass is 35.5. The van der Waals surface area contributed by atoms with Gasteiger partial charge in [0.15, 0.2) is 0 Å². The van der Waals surface area contributed by atoms with Gasteiger partial charge in [0.2, 0.25) is 11.9 Å². The topological polar surface area (TPSA) is 122 Å². The van der Waals surface area contributed by atoms with Crippen LogP contribution in [-0.4, -0.2) is 95.4 Å². The summed E-state index contributed by atoms with van der Waals surface area (Å²) < 4.78 is 12.5. The lowest BCUT2D eigenvalue weighted by molar-refractivity contribution is -0.127. The third-order valence-electron chi connectivity index (χ3n) is 6.70. The SMILES string of the molecule is C=CC(=O)N1CCN(CCCn2c(=O)c(-c3cc(OC)cc(OC)c3Cl)cc3cnc(NCCO)nc32)CC1.CC.CC. The summed E-state index contributed by atoms with van der Waals surface area (Å²) in [6.45, 7) is 15.7. The van der Waals surface area contributed by atoms with Gasteiger partial charge < -0.3 is 24.8 Å². The number of amides is 1. The van der Waals surface area contributed by atoms with Gasteiger partial charge >= 0.3 is 0 Å². The van der Waals surface area contributed by atoms with Crippen molar-refractivity contribution in [2.24, 2.45) is 0 Å². The third kappa shape index (κ3) is 8.92. The summed E-state index contributed by atoms with van der Waals surface area (Å²) in [5.41, 5.74) is 1.08. The number of carbonyl (C=O) groups excluding carboxylic acids is 1. The van der Waals surface area contributed by atoms with Gasteiger partial charge in [-0.2, -0.15) is 4.98 Å². The first-order valence-corrected chi connectivity index (χ1v) is 15.1. The number of benzene rings is 1. The maximum absolute atomic E-state index is 13.9. The van der Waals surface area contributed by atoms with Crippen molar-refractivity contribution in [3.63, 3.8) is 0 Å². The lowest BCUT2D eigenvalue weighted by atomic mass is 10.0. The van der Waals surface area contributed by atoms with Crippen LogP contribution in [0.5, 0.6) is 11.5 Å². The van der Waals surface area contributed by atoms with Crippen molar-refractivity contribution in [2.75, 3.05) is 65.4 Å². The summed E-state index contributed by atoms with van der Waals surface area (Å²) >= 11 is 6.65. The molecule has 3 aromatic rings. The van der Waals surface area contributed by atoms with Crippen LogP contribution in [0.25, 0.3) is 22.2 Å². The van der Waals surface area contributed by atoms with Crippen LogP contribution in [0.3, 0.4) is 0 Å². The zero-order valence-corrected chi connectivity index (χ0v) is 26.9. The fourth-order valence-electron chi connectivity index (χ4n) is 4.62. The van der Waals surface area contributed by atoms with Crippen molar-refractivity contribution in [3.05, 3.63) is 52.4 Å². The molecule has 11 nitrogen and oxygen atoms in total. The maximum atomic E-state index is 13.9. The van der Waals surface area contributed by atoms with Crippen molar-refractivity contribution in [2.45, 2.75) is 40.7 Å². The number of hydrogen-bond donors (Lipinski definition) is 2. The number of carbonyl (C=O) groups is 1. The number of aliphatic hydroxyl groups excluding tert-OH is 1. The zero-order valence-electron chi connectivity index (χ0n) is 26.2. The van der Waals surface area contributed by atoms with Crippen LogP contribution in [0.15, 0.2) is 41.8 Å². The summed E-state index contributed by atoms with van der Waals surface area (Å²) in [5.74, 6) is 1.17. The molecule has 2 N–H and O–H groups in total. The molecular weight excluding hydrogens is 572 g/mol. The number of piperazine rings is 1. The quantitative estimate of drug-likeness (QED) is 0.304. The molecule has 3 heterocycles. The molecule has 0 aliphatic carbocycles. The van der Waals surface area contributed by atoms with Crippen LogP contribution in [0, 0.1) is 0 Å². The summed E-state index contributed by atoms with van der Waals surface area (Å²) in [6.07, 6.45) is 3.67. The van der Waals surface area contributed by atoms with Gasteiger partial charge in [0.25, 0.3) is 5.56 Å². The molecule has 1 amide bonds. The van der Waals surface area contributed by atoms with E-state index in [-0.39, 0.29) is 24.6 Å². The lowest BCUT2D eigenvalue weighted by Crippen LogP contribution is -2.48. The summed E-state index contributed by atoms with van der Waals surface area (Å²) in [7, 11) is 3.04. The van der Waals surface area contributed by atoms with Gasteiger partial charge in [0.05, 0.1) is 25.8 Å². The predicted octanol–water partition coefficient (Wildman–Crippen LogP) is 4.31. The number of fused-ring (bicyclic) bond motifs is 1. The molecule has 0 unspecified atom stereocenters.